The molecule has 78 valence electrons. The maximum Gasteiger partial charge on any atom is 0.315 e. The van der Waals surface area contributed by atoms with E-state index in [9.17, 15) is 4.79 Å². The summed E-state index contributed by atoms with van der Waals surface area (Å²) < 4.78 is 0. The molecule has 1 aromatic heterocycles. The Hall–Kier alpha value is -1.03. The van der Waals surface area contributed by atoms with Crippen molar-refractivity contribution in [1.29, 1.82) is 0 Å². The first kappa shape index (κ1) is 11.0. The van der Waals surface area contributed by atoms with Crippen molar-refractivity contribution < 1.29 is 4.79 Å². The molecule has 1 atom stereocenters. The van der Waals surface area contributed by atoms with Crippen molar-refractivity contribution in [2.75, 3.05) is 0 Å². The van der Waals surface area contributed by atoms with Crippen LogP contribution in [0.1, 0.15) is 31.7 Å². The molecular weight excluding hydrogens is 196 g/mol. The number of urea groups is 1. The van der Waals surface area contributed by atoms with Crippen molar-refractivity contribution in [3.63, 3.8) is 0 Å². The molecule has 0 bridgehead atoms. The summed E-state index contributed by atoms with van der Waals surface area (Å²) in [6, 6.07) is 4.14. The smallest absolute Gasteiger partial charge is 0.315 e. The van der Waals surface area contributed by atoms with E-state index >= 15 is 0 Å². The predicted molar refractivity (Wildman–Crippen MR) is 59.5 cm³/mol. The highest BCUT2D eigenvalue weighted by Gasteiger charge is 2.09. The van der Waals surface area contributed by atoms with Gasteiger partial charge in [-0.2, -0.15) is 0 Å². The second kappa shape index (κ2) is 5.00. The van der Waals surface area contributed by atoms with Crippen LogP contribution in [0.3, 0.4) is 0 Å². The van der Waals surface area contributed by atoms with Crippen LogP contribution in [0.5, 0.6) is 0 Å². The molecule has 0 aromatic carbocycles. The first-order valence-corrected chi connectivity index (χ1v) is 5.58. The van der Waals surface area contributed by atoms with Gasteiger partial charge in [0.1, 0.15) is 0 Å². The Morgan fingerprint density at radius 1 is 1.36 bits per heavy atom. The van der Waals surface area contributed by atoms with Crippen LogP contribution in [0.25, 0.3) is 0 Å². The van der Waals surface area contributed by atoms with Crippen molar-refractivity contribution in [3.8, 4) is 0 Å². The summed E-state index contributed by atoms with van der Waals surface area (Å²) in [5.41, 5.74) is 0. The van der Waals surface area contributed by atoms with E-state index in [2.05, 4.69) is 10.6 Å². The van der Waals surface area contributed by atoms with Gasteiger partial charge in [0.25, 0.3) is 0 Å². The first-order valence-electron chi connectivity index (χ1n) is 4.70. The molecule has 0 aliphatic heterocycles. The minimum absolute atomic E-state index is 0.0775. The number of thiophene rings is 1. The quantitative estimate of drug-likeness (QED) is 0.794. The molecule has 0 spiro atoms. The third-order valence-electron chi connectivity index (χ3n) is 1.74. The highest BCUT2D eigenvalue weighted by molar-refractivity contribution is 7.10. The fourth-order valence-electron chi connectivity index (χ4n) is 1.11. The number of hydrogen-bond acceptors (Lipinski definition) is 2. The number of carbonyl (C=O) groups is 1. The Bertz CT molecular complexity index is 282. The molecule has 1 rings (SSSR count). The summed E-state index contributed by atoms with van der Waals surface area (Å²) in [5.74, 6) is 0. The number of amides is 2. The van der Waals surface area contributed by atoms with Crippen molar-refractivity contribution in [2.24, 2.45) is 0 Å². The van der Waals surface area contributed by atoms with Crippen molar-refractivity contribution >= 4 is 17.4 Å². The van der Waals surface area contributed by atoms with Gasteiger partial charge in [-0.1, -0.05) is 6.07 Å². The minimum Gasteiger partial charge on any atom is -0.336 e. The molecule has 0 radical (unpaired) electrons. The van der Waals surface area contributed by atoms with Gasteiger partial charge in [-0.25, -0.2) is 4.79 Å². The van der Waals surface area contributed by atoms with Gasteiger partial charge in [0.15, 0.2) is 0 Å². The number of rotatable bonds is 3. The van der Waals surface area contributed by atoms with Crippen LogP contribution in [0.2, 0.25) is 0 Å². The van der Waals surface area contributed by atoms with Crippen LogP contribution in [-0.4, -0.2) is 12.1 Å². The van der Waals surface area contributed by atoms with Gasteiger partial charge in [0, 0.05) is 10.9 Å². The zero-order valence-electron chi connectivity index (χ0n) is 8.70. The second-order valence-corrected chi connectivity index (χ2v) is 4.49. The Balaban J connectivity index is 2.41. The first-order chi connectivity index (χ1) is 6.59. The summed E-state index contributed by atoms with van der Waals surface area (Å²) >= 11 is 1.65. The largest absolute Gasteiger partial charge is 0.336 e. The molecule has 4 heteroatoms. The van der Waals surface area contributed by atoms with Gasteiger partial charge in [-0.15, -0.1) is 11.3 Å². The van der Waals surface area contributed by atoms with E-state index in [1.54, 1.807) is 11.3 Å². The SMILES string of the molecule is CC(C)NC(=O)NC(C)c1cccs1. The Kier molecular flexibility index (Phi) is 3.95. The van der Waals surface area contributed by atoms with Crippen LogP contribution in [-0.2, 0) is 0 Å². The topological polar surface area (TPSA) is 41.1 Å². The molecule has 0 saturated heterocycles. The fraction of sp³-hybridized carbons (Fsp3) is 0.500. The maximum absolute atomic E-state index is 11.3. The molecule has 1 unspecified atom stereocenters. The highest BCUT2D eigenvalue weighted by atomic mass is 32.1. The van der Waals surface area contributed by atoms with Crippen molar-refractivity contribution in [2.45, 2.75) is 32.9 Å². The summed E-state index contributed by atoms with van der Waals surface area (Å²) in [6.45, 7) is 5.86. The zero-order chi connectivity index (χ0) is 10.6. The normalized spacial score (nSPS) is 12.6. The predicted octanol–water partition coefficient (Wildman–Crippen LogP) is 2.52. The van der Waals surface area contributed by atoms with Crippen LogP contribution in [0.4, 0.5) is 4.79 Å². The van der Waals surface area contributed by atoms with Gasteiger partial charge in [-0.3, -0.25) is 0 Å². The van der Waals surface area contributed by atoms with Crippen LogP contribution < -0.4 is 10.6 Å². The maximum atomic E-state index is 11.3. The minimum atomic E-state index is -0.110. The Morgan fingerprint density at radius 3 is 2.57 bits per heavy atom. The van der Waals surface area contributed by atoms with Gasteiger partial charge in [-0.05, 0) is 32.2 Å². The second-order valence-electron chi connectivity index (χ2n) is 3.51. The van der Waals surface area contributed by atoms with Gasteiger partial charge in [0.05, 0.1) is 6.04 Å². The molecule has 0 fully saturated rings. The van der Waals surface area contributed by atoms with E-state index in [1.807, 2.05) is 38.3 Å². The highest BCUT2D eigenvalue weighted by Crippen LogP contribution is 2.17. The molecule has 2 amide bonds. The van der Waals surface area contributed by atoms with Gasteiger partial charge >= 0.3 is 6.03 Å². The molecule has 1 aromatic rings. The molecule has 0 aliphatic carbocycles. The summed E-state index contributed by atoms with van der Waals surface area (Å²) in [6.07, 6.45) is 0. The van der Waals surface area contributed by atoms with E-state index in [0.717, 1.165) is 0 Å². The number of hydrogen-bond donors (Lipinski definition) is 2. The third-order valence-corrected chi connectivity index (χ3v) is 2.79. The molecular formula is C10H16N2OS. The molecule has 14 heavy (non-hydrogen) atoms. The van der Waals surface area contributed by atoms with E-state index in [4.69, 9.17) is 0 Å². The van der Waals surface area contributed by atoms with Gasteiger partial charge < -0.3 is 10.6 Å². The number of carbonyl (C=O) groups excluding carboxylic acids is 1. The van der Waals surface area contributed by atoms with Crippen LogP contribution in [0.15, 0.2) is 17.5 Å². The Labute approximate surface area is 88.5 Å². The van der Waals surface area contributed by atoms with E-state index < -0.39 is 0 Å². The lowest BCUT2D eigenvalue weighted by molar-refractivity contribution is 0.235. The van der Waals surface area contributed by atoms with E-state index in [0.29, 0.717) is 0 Å². The fourth-order valence-corrected chi connectivity index (χ4v) is 1.84. The lowest BCUT2D eigenvalue weighted by Crippen LogP contribution is -2.40. The third kappa shape index (κ3) is 3.38. The lowest BCUT2D eigenvalue weighted by Gasteiger charge is -2.14. The summed E-state index contributed by atoms with van der Waals surface area (Å²) in [7, 11) is 0. The molecule has 2 N–H and O–H groups in total. The van der Waals surface area contributed by atoms with E-state index in [1.165, 1.54) is 4.88 Å². The average molecular weight is 212 g/mol. The van der Waals surface area contributed by atoms with Crippen molar-refractivity contribution in [3.05, 3.63) is 22.4 Å². The Morgan fingerprint density at radius 2 is 2.07 bits per heavy atom. The summed E-state index contributed by atoms with van der Waals surface area (Å²) in [4.78, 5) is 12.5. The standard InChI is InChI=1S/C10H16N2OS/c1-7(2)11-10(13)12-8(3)9-5-4-6-14-9/h4-8H,1-3H3,(H2,11,12,13). The molecule has 0 saturated carbocycles. The zero-order valence-corrected chi connectivity index (χ0v) is 9.52. The molecule has 1 heterocycles. The molecule has 3 nitrogen and oxygen atoms in total. The van der Waals surface area contributed by atoms with Crippen LogP contribution >= 0.6 is 11.3 Å². The summed E-state index contributed by atoms with van der Waals surface area (Å²) in [5, 5.41) is 7.67. The average Bonchev–Trinajstić information content (AvgIpc) is 2.53. The van der Waals surface area contributed by atoms with Gasteiger partial charge in [0.2, 0.25) is 0 Å². The monoisotopic (exact) mass is 212 g/mol. The van der Waals surface area contributed by atoms with Crippen molar-refractivity contribution in [1.82, 2.24) is 10.6 Å². The lowest BCUT2D eigenvalue weighted by atomic mass is 10.3. The molecule has 0 aliphatic rings. The number of nitrogens with one attached hydrogen (secondary N) is 2. The van der Waals surface area contributed by atoms with E-state index in [-0.39, 0.29) is 18.1 Å². The van der Waals surface area contributed by atoms with Crippen LogP contribution in [0, 0.1) is 0 Å².